The van der Waals surface area contributed by atoms with Gasteiger partial charge < -0.3 is 4.90 Å². The number of hydrogen-bond acceptors (Lipinski definition) is 4. The Kier molecular flexibility index (Phi) is 7.99. The Bertz CT molecular complexity index is 1740. The van der Waals surface area contributed by atoms with E-state index in [1.165, 1.54) is 11.1 Å². The average molecular weight is 702 g/mol. The number of anilines is 1. The number of aryl methyl sites for hydroxylation is 2. The van der Waals surface area contributed by atoms with Crippen LogP contribution in [0, 0.1) is 5.82 Å². The highest BCUT2D eigenvalue weighted by Crippen LogP contribution is 2.40. The second-order valence-corrected chi connectivity index (χ2v) is 12.7. The van der Waals surface area contributed by atoms with E-state index in [9.17, 15) is 0 Å². The van der Waals surface area contributed by atoms with E-state index in [0.29, 0.717) is 17.9 Å². The SMILES string of the molecule is CCc1cccc(CC)c1-n1nc2c(c1-c1c(F)cc(P)c3c1ccn3I)CN(c1ncc(CS)cc1P)CC2. The van der Waals surface area contributed by atoms with E-state index in [2.05, 4.69) is 102 Å². The minimum Gasteiger partial charge on any atom is -0.351 e. The van der Waals surface area contributed by atoms with Crippen molar-refractivity contribution in [3.05, 3.63) is 82.6 Å². The lowest BCUT2D eigenvalue weighted by atomic mass is 9.97. The zero-order chi connectivity index (χ0) is 28.1. The van der Waals surface area contributed by atoms with Gasteiger partial charge in [-0.1, -0.05) is 32.0 Å². The highest BCUT2D eigenvalue weighted by molar-refractivity contribution is 14.1. The molecule has 0 radical (unpaired) electrons. The van der Waals surface area contributed by atoms with E-state index < -0.39 is 0 Å². The monoisotopic (exact) mass is 701 g/mol. The molecule has 10 heteroatoms. The minimum atomic E-state index is -0.240. The molecule has 0 aliphatic carbocycles. The van der Waals surface area contributed by atoms with E-state index in [1.807, 2.05) is 21.2 Å². The van der Waals surface area contributed by atoms with Gasteiger partial charge in [0.1, 0.15) is 11.6 Å². The van der Waals surface area contributed by atoms with Crippen LogP contribution in [0.5, 0.6) is 0 Å². The summed E-state index contributed by atoms with van der Waals surface area (Å²) in [6, 6.07) is 12.2. The fraction of sp³-hybridized carbons (Fsp3) is 0.267. The number of benzene rings is 2. The minimum absolute atomic E-state index is 0.240. The van der Waals surface area contributed by atoms with Crippen LogP contribution in [-0.2, 0) is 31.6 Å². The maximum Gasteiger partial charge on any atom is 0.136 e. The maximum atomic E-state index is 16.2. The average Bonchev–Trinajstić information content (AvgIpc) is 3.53. The van der Waals surface area contributed by atoms with Crippen molar-refractivity contribution in [1.82, 2.24) is 17.5 Å². The summed E-state index contributed by atoms with van der Waals surface area (Å²) in [5.41, 5.74) is 9.08. The lowest BCUT2D eigenvalue weighted by Crippen LogP contribution is -2.33. The van der Waals surface area contributed by atoms with E-state index in [1.54, 1.807) is 6.07 Å². The Hall–Kier alpha value is -1.99. The zero-order valence-electron chi connectivity index (χ0n) is 22.5. The summed E-state index contributed by atoms with van der Waals surface area (Å²) in [5, 5.41) is 8.00. The summed E-state index contributed by atoms with van der Waals surface area (Å²) in [7, 11) is 5.53. The van der Waals surface area contributed by atoms with E-state index >= 15 is 4.39 Å². The molecule has 0 saturated carbocycles. The number of thiol groups is 1. The summed E-state index contributed by atoms with van der Waals surface area (Å²) >= 11 is 6.68. The van der Waals surface area contributed by atoms with Crippen molar-refractivity contribution in [1.29, 1.82) is 0 Å². The van der Waals surface area contributed by atoms with Crippen molar-refractivity contribution in [3.8, 4) is 16.9 Å². The third-order valence-corrected chi connectivity index (χ3v) is 9.82. The predicted octanol–water partition coefficient (Wildman–Crippen LogP) is 6.34. The van der Waals surface area contributed by atoms with Crippen molar-refractivity contribution in [3.63, 3.8) is 0 Å². The molecule has 1 aliphatic heterocycles. The molecule has 0 bridgehead atoms. The Morgan fingerprint density at radius 2 is 1.82 bits per heavy atom. The predicted molar refractivity (Wildman–Crippen MR) is 183 cm³/mol. The number of rotatable bonds is 6. The Balaban J connectivity index is 1.64. The van der Waals surface area contributed by atoms with Crippen LogP contribution in [0.2, 0.25) is 0 Å². The number of fused-ring (bicyclic) bond motifs is 2. The summed E-state index contributed by atoms with van der Waals surface area (Å²) in [5.74, 6) is 1.33. The lowest BCUT2D eigenvalue weighted by molar-refractivity contribution is 0.632. The van der Waals surface area contributed by atoms with Crippen LogP contribution >= 0.6 is 54.0 Å². The van der Waals surface area contributed by atoms with Crippen LogP contribution in [0.25, 0.3) is 27.8 Å². The molecular formula is C30H31FIN5P2S. The van der Waals surface area contributed by atoms with Gasteiger partial charge >= 0.3 is 0 Å². The van der Waals surface area contributed by atoms with Gasteiger partial charge in [0, 0.05) is 59.5 Å². The largest absolute Gasteiger partial charge is 0.351 e. The second kappa shape index (κ2) is 11.4. The van der Waals surface area contributed by atoms with Crippen LogP contribution in [0.1, 0.15) is 41.8 Å². The molecule has 0 amide bonds. The van der Waals surface area contributed by atoms with Gasteiger partial charge in [-0.05, 0) is 53.0 Å². The van der Waals surface area contributed by atoms with E-state index in [4.69, 9.17) is 10.1 Å². The molecular weight excluding hydrogens is 670 g/mol. The topological polar surface area (TPSA) is 38.9 Å². The van der Waals surface area contributed by atoms with Gasteiger partial charge in [0.15, 0.2) is 0 Å². The van der Waals surface area contributed by atoms with Crippen LogP contribution in [0.15, 0.2) is 48.8 Å². The number of halogens is 2. The lowest BCUT2D eigenvalue weighted by Gasteiger charge is -2.29. The van der Waals surface area contributed by atoms with Gasteiger partial charge in [0.2, 0.25) is 0 Å². The van der Waals surface area contributed by atoms with Gasteiger partial charge in [-0.15, -0.1) is 18.5 Å². The molecule has 2 unspecified atom stereocenters. The molecule has 206 valence electrons. The first-order chi connectivity index (χ1) is 19.4. The quantitative estimate of drug-likeness (QED) is 0.128. The van der Waals surface area contributed by atoms with Gasteiger partial charge in [-0.2, -0.15) is 17.7 Å². The van der Waals surface area contributed by atoms with Crippen molar-refractivity contribution in [2.45, 2.75) is 45.4 Å². The molecule has 3 aromatic heterocycles. The van der Waals surface area contributed by atoms with Crippen molar-refractivity contribution < 1.29 is 4.39 Å². The van der Waals surface area contributed by atoms with E-state index in [0.717, 1.165) is 81.3 Å². The standard InChI is InChI=1S/C30H31FIN5P2S/c1-3-18-6-5-7-19(4-2)27(18)37-29(26-20-8-11-36(32)28(20)24(38)13-22(26)31)21-15-35(10-9-23(21)34-37)30-25(39)12-17(16-40)14-33-30/h5-8,11-14,40H,3-4,9-10,15-16,38-39H2,1-2H3. The molecule has 6 rings (SSSR count). The fourth-order valence-corrected chi connectivity index (χ4v) is 7.91. The van der Waals surface area contributed by atoms with Crippen molar-refractivity contribution in [2.75, 3.05) is 11.4 Å². The van der Waals surface area contributed by atoms with Crippen LogP contribution in [0.4, 0.5) is 10.2 Å². The molecule has 2 atom stereocenters. The summed E-state index contributed by atoms with van der Waals surface area (Å²) < 4.78 is 20.3. The van der Waals surface area contributed by atoms with Crippen LogP contribution in [0.3, 0.4) is 0 Å². The molecule has 5 aromatic rings. The number of pyridine rings is 1. The summed E-state index contributed by atoms with van der Waals surface area (Å²) in [6.45, 7) is 5.73. The third kappa shape index (κ3) is 4.69. The van der Waals surface area contributed by atoms with E-state index in [-0.39, 0.29) is 5.82 Å². The number of nitrogens with zero attached hydrogens (tertiary/aromatic N) is 5. The molecule has 4 heterocycles. The first-order valence-electron chi connectivity index (χ1n) is 13.4. The van der Waals surface area contributed by atoms with Gasteiger partial charge in [-0.3, -0.25) is 2.78 Å². The third-order valence-electron chi connectivity index (χ3n) is 7.79. The summed E-state index contributed by atoms with van der Waals surface area (Å²) in [6.07, 6.45) is 6.37. The Morgan fingerprint density at radius 3 is 2.50 bits per heavy atom. The molecule has 1 aliphatic rings. The molecule has 0 fully saturated rings. The Morgan fingerprint density at radius 1 is 1.07 bits per heavy atom. The number of para-hydroxylation sites is 1. The smallest absolute Gasteiger partial charge is 0.136 e. The molecule has 0 saturated heterocycles. The Labute approximate surface area is 258 Å². The maximum absolute atomic E-state index is 16.2. The van der Waals surface area contributed by atoms with Gasteiger partial charge in [0.25, 0.3) is 0 Å². The summed E-state index contributed by atoms with van der Waals surface area (Å²) in [4.78, 5) is 7.09. The van der Waals surface area contributed by atoms with Crippen LogP contribution < -0.4 is 15.5 Å². The molecule has 2 aromatic carbocycles. The number of aromatic nitrogens is 4. The fourth-order valence-electron chi connectivity index (χ4n) is 5.87. The second-order valence-electron chi connectivity index (χ2n) is 10.1. The highest BCUT2D eigenvalue weighted by atomic mass is 127. The van der Waals surface area contributed by atoms with Gasteiger partial charge in [0.05, 0.1) is 45.5 Å². The first kappa shape index (κ1) is 28.1. The molecule has 0 spiro atoms. The van der Waals surface area contributed by atoms with Crippen molar-refractivity contribution in [2.24, 2.45) is 0 Å². The first-order valence-corrected chi connectivity index (χ1v) is 16.2. The molecule has 5 nitrogen and oxygen atoms in total. The molecule has 40 heavy (non-hydrogen) atoms. The normalized spacial score (nSPS) is 13.3. The van der Waals surface area contributed by atoms with Gasteiger partial charge in [-0.25, -0.2) is 14.1 Å². The number of hydrogen-bond donors (Lipinski definition) is 1. The zero-order valence-corrected chi connectivity index (χ0v) is 27.8. The van der Waals surface area contributed by atoms with Crippen LogP contribution in [-0.4, -0.2) is 24.1 Å². The van der Waals surface area contributed by atoms with Crippen molar-refractivity contribution >= 4 is 81.3 Å². The molecule has 0 N–H and O–H groups in total. The highest BCUT2D eigenvalue weighted by Gasteiger charge is 2.31.